The summed E-state index contributed by atoms with van der Waals surface area (Å²) >= 11 is 5.85. The molecular formula is C14H23ClIN3. The molecule has 0 saturated heterocycles. The first-order chi connectivity index (χ1) is 8.61. The Bertz CT molecular complexity index is 377. The first-order valence-electron chi connectivity index (χ1n) is 6.33. The quantitative estimate of drug-likeness (QED) is 0.347. The summed E-state index contributed by atoms with van der Waals surface area (Å²) in [6.07, 6.45) is 2.11. The van der Waals surface area contributed by atoms with Crippen LogP contribution >= 0.6 is 35.6 Å². The maximum atomic E-state index is 5.85. The molecule has 0 aliphatic heterocycles. The monoisotopic (exact) mass is 395 g/mol. The van der Waals surface area contributed by atoms with Gasteiger partial charge in [0.1, 0.15) is 0 Å². The van der Waals surface area contributed by atoms with Crippen molar-refractivity contribution >= 4 is 41.5 Å². The molecule has 0 aromatic heterocycles. The van der Waals surface area contributed by atoms with Gasteiger partial charge in [-0.25, -0.2) is 0 Å². The average Bonchev–Trinajstić information content (AvgIpc) is 2.34. The zero-order chi connectivity index (χ0) is 13.4. The number of aryl methyl sites for hydroxylation is 1. The number of hydrogen-bond acceptors (Lipinski definition) is 1. The van der Waals surface area contributed by atoms with Crippen LogP contribution in [0.2, 0.25) is 5.02 Å². The van der Waals surface area contributed by atoms with Gasteiger partial charge in [-0.15, -0.1) is 24.0 Å². The first kappa shape index (κ1) is 18.5. The number of benzene rings is 1. The lowest BCUT2D eigenvalue weighted by molar-refractivity contribution is 0.685. The summed E-state index contributed by atoms with van der Waals surface area (Å²) in [5, 5.41) is 7.34. The molecule has 1 aromatic rings. The van der Waals surface area contributed by atoms with Crippen molar-refractivity contribution in [3.05, 3.63) is 34.9 Å². The smallest absolute Gasteiger partial charge is 0.191 e. The van der Waals surface area contributed by atoms with Crippen molar-refractivity contribution in [2.45, 2.75) is 32.7 Å². The zero-order valence-corrected chi connectivity index (χ0v) is 14.8. The molecule has 108 valence electrons. The summed E-state index contributed by atoms with van der Waals surface area (Å²) in [6, 6.07) is 8.41. The van der Waals surface area contributed by atoms with Gasteiger partial charge in [-0.05, 0) is 44.4 Å². The van der Waals surface area contributed by atoms with Gasteiger partial charge in [-0.1, -0.05) is 23.7 Å². The summed E-state index contributed by atoms with van der Waals surface area (Å²) < 4.78 is 0. The van der Waals surface area contributed by atoms with Gasteiger partial charge in [0.15, 0.2) is 5.96 Å². The van der Waals surface area contributed by atoms with Crippen LogP contribution in [-0.4, -0.2) is 25.6 Å². The zero-order valence-electron chi connectivity index (χ0n) is 11.7. The molecule has 0 aliphatic carbocycles. The second-order valence-electron chi connectivity index (χ2n) is 4.53. The van der Waals surface area contributed by atoms with Crippen LogP contribution in [-0.2, 0) is 6.42 Å². The predicted molar refractivity (Wildman–Crippen MR) is 94.8 cm³/mol. The Hall–Kier alpha value is -0.490. The van der Waals surface area contributed by atoms with E-state index in [1.165, 1.54) is 5.56 Å². The van der Waals surface area contributed by atoms with E-state index >= 15 is 0 Å². The fourth-order valence-electron chi connectivity index (χ4n) is 1.62. The molecule has 0 fully saturated rings. The number of rotatable bonds is 5. The summed E-state index contributed by atoms with van der Waals surface area (Å²) in [5.74, 6) is 0.862. The third-order valence-corrected chi connectivity index (χ3v) is 2.75. The fraction of sp³-hybridized carbons (Fsp3) is 0.500. The van der Waals surface area contributed by atoms with Crippen LogP contribution < -0.4 is 10.6 Å². The van der Waals surface area contributed by atoms with Crippen molar-refractivity contribution in [2.75, 3.05) is 13.6 Å². The molecule has 2 N–H and O–H groups in total. The molecule has 3 nitrogen and oxygen atoms in total. The highest BCUT2D eigenvalue weighted by Crippen LogP contribution is 2.10. The van der Waals surface area contributed by atoms with Crippen molar-refractivity contribution in [2.24, 2.45) is 4.99 Å². The maximum absolute atomic E-state index is 5.85. The van der Waals surface area contributed by atoms with Crippen LogP contribution in [0.5, 0.6) is 0 Å². The number of guanidine groups is 1. The molecule has 1 rings (SSSR count). The molecule has 0 spiro atoms. The van der Waals surface area contributed by atoms with Crippen LogP contribution in [0.1, 0.15) is 25.8 Å². The molecule has 0 amide bonds. The van der Waals surface area contributed by atoms with Crippen molar-refractivity contribution in [1.29, 1.82) is 0 Å². The average molecular weight is 396 g/mol. The topological polar surface area (TPSA) is 36.4 Å². The van der Waals surface area contributed by atoms with Gasteiger partial charge >= 0.3 is 0 Å². The highest BCUT2D eigenvalue weighted by molar-refractivity contribution is 14.0. The largest absolute Gasteiger partial charge is 0.356 e. The van der Waals surface area contributed by atoms with Crippen LogP contribution in [0.4, 0.5) is 0 Å². The molecule has 0 saturated carbocycles. The van der Waals surface area contributed by atoms with E-state index in [0.717, 1.165) is 30.4 Å². The van der Waals surface area contributed by atoms with E-state index in [1.807, 2.05) is 12.1 Å². The SMILES string of the molecule is CN=C(NCCCc1ccc(Cl)cc1)NC(C)C.I. The minimum absolute atomic E-state index is 0. The van der Waals surface area contributed by atoms with Crippen molar-refractivity contribution < 1.29 is 0 Å². The molecular weight excluding hydrogens is 373 g/mol. The minimum atomic E-state index is 0. The van der Waals surface area contributed by atoms with E-state index in [1.54, 1.807) is 7.05 Å². The van der Waals surface area contributed by atoms with Crippen LogP contribution in [0.15, 0.2) is 29.3 Å². The highest BCUT2D eigenvalue weighted by atomic mass is 127. The van der Waals surface area contributed by atoms with Gasteiger partial charge in [0.25, 0.3) is 0 Å². The standard InChI is InChI=1S/C14H22ClN3.HI/c1-11(2)18-14(16-3)17-10-4-5-12-6-8-13(15)9-7-12;/h6-9,11H,4-5,10H2,1-3H3,(H2,16,17,18);1H. The first-order valence-corrected chi connectivity index (χ1v) is 6.71. The molecule has 0 radical (unpaired) electrons. The van der Waals surface area contributed by atoms with Crippen molar-refractivity contribution in [1.82, 2.24) is 10.6 Å². The Labute approximate surface area is 138 Å². The number of halogens is 2. The molecule has 1 aromatic carbocycles. The van der Waals surface area contributed by atoms with E-state index in [9.17, 15) is 0 Å². The lowest BCUT2D eigenvalue weighted by Gasteiger charge is -2.14. The third kappa shape index (κ3) is 8.31. The summed E-state index contributed by atoms with van der Waals surface area (Å²) in [7, 11) is 1.79. The summed E-state index contributed by atoms with van der Waals surface area (Å²) in [6.45, 7) is 5.11. The summed E-state index contributed by atoms with van der Waals surface area (Å²) in [4.78, 5) is 4.16. The third-order valence-electron chi connectivity index (χ3n) is 2.50. The van der Waals surface area contributed by atoms with E-state index in [4.69, 9.17) is 11.6 Å². The van der Waals surface area contributed by atoms with E-state index in [0.29, 0.717) is 6.04 Å². The highest BCUT2D eigenvalue weighted by Gasteiger charge is 1.99. The normalized spacial score (nSPS) is 11.1. The van der Waals surface area contributed by atoms with E-state index in [-0.39, 0.29) is 24.0 Å². The van der Waals surface area contributed by atoms with Crippen molar-refractivity contribution in [3.8, 4) is 0 Å². The van der Waals surface area contributed by atoms with E-state index in [2.05, 4.69) is 41.6 Å². The molecule has 5 heteroatoms. The lowest BCUT2D eigenvalue weighted by atomic mass is 10.1. The molecule has 0 atom stereocenters. The van der Waals surface area contributed by atoms with Crippen LogP contribution in [0.25, 0.3) is 0 Å². The maximum Gasteiger partial charge on any atom is 0.191 e. The number of nitrogens with one attached hydrogen (secondary N) is 2. The second-order valence-corrected chi connectivity index (χ2v) is 4.96. The number of hydrogen-bond donors (Lipinski definition) is 2. The molecule has 0 bridgehead atoms. The minimum Gasteiger partial charge on any atom is -0.356 e. The van der Waals surface area contributed by atoms with Gasteiger partial charge in [0.2, 0.25) is 0 Å². The Kier molecular flexibility index (Phi) is 10.0. The van der Waals surface area contributed by atoms with E-state index < -0.39 is 0 Å². The Morgan fingerprint density at radius 2 is 1.89 bits per heavy atom. The van der Waals surface area contributed by atoms with Gasteiger partial charge in [-0.3, -0.25) is 4.99 Å². The van der Waals surface area contributed by atoms with Gasteiger partial charge < -0.3 is 10.6 Å². The molecule has 0 unspecified atom stereocenters. The molecule has 0 heterocycles. The molecule has 0 aliphatic rings. The van der Waals surface area contributed by atoms with Gasteiger partial charge in [0, 0.05) is 24.7 Å². The Balaban J connectivity index is 0.00000324. The van der Waals surface area contributed by atoms with Crippen LogP contribution in [0.3, 0.4) is 0 Å². The Morgan fingerprint density at radius 1 is 1.26 bits per heavy atom. The molecule has 19 heavy (non-hydrogen) atoms. The fourth-order valence-corrected chi connectivity index (χ4v) is 1.74. The predicted octanol–water partition coefficient (Wildman–Crippen LogP) is 3.46. The number of nitrogens with zero attached hydrogens (tertiary/aromatic N) is 1. The van der Waals surface area contributed by atoms with Crippen molar-refractivity contribution in [3.63, 3.8) is 0 Å². The summed E-state index contributed by atoms with van der Waals surface area (Å²) in [5.41, 5.74) is 1.31. The lowest BCUT2D eigenvalue weighted by Crippen LogP contribution is -2.41. The van der Waals surface area contributed by atoms with Crippen LogP contribution in [0, 0.1) is 0 Å². The second kappa shape index (κ2) is 10.3. The Morgan fingerprint density at radius 3 is 2.42 bits per heavy atom. The number of aliphatic imine (C=N–C) groups is 1. The van der Waals surface area contributed by atoms with Gasteiger partial charge in [-0.2, -0.15) is 0 Å². The van der Waals surface area contributed by atoms with Gasteiger partial charge in [0.05, 0.1) is 0 Å².